The van der Waals surface area contributed by atoms with Gasteiger partial charge in [0.2, 0.25) is 15.9 Å². The second-order valence-electron chi connectivity index (χ2n) is 6.84. The summed E-state index contributed by atoms with van der Waals surface area (Å²) < 4.78 is 27.2. The van der Waals surface area contributed by atoms with E-state index in [0.717, 1.165) is 11.1 Å². The standard InChI is InChI=1S/C19H27N3O3S2/c1-14-7-8-16(12-15(14)2)27(24,25)21-10-9-19(23)20-13-17(22(3)4)18-6-5-11-26-18/h5-8,11-12,17,21H,9-10,13H2,1-4H3,(H,20,23)/p+1/t17-/m0/s1. The molecule has 0 radical (unpaired) electrons. The maximum atomic E-state index is 12.3. The molecule has 0 spiro atoms. The first-order valence-electron chi connectivity index (χ1n) is 8.88. The number of sulfonamides is 1. The van der Waals surface area contributed by atoms with E-state index in [4.69, 9.17) is 0 Å². The molecule has 1 amide bonds. The van der Waals surface area contributed by atoms with Gasteiger partial charge in [-0.25, -0.2) is 13.1 Å². The van der Waals surface area contributed by atoms with Crippen molar-refractivity contribution in [3.05, 3.63) is 51.7 Å². The molecular weight excluding hydrogens is 382 g/mol. The summed E-state index contributed by atoms with van der Waals surface area (Å²) in [7, 11) is 0.492. The van der Waals surface area contributed by atoms with Crippen LogP contribution in [0, 0.1) is 13.8 Å². The summed E-state index contributed by atoms with van der Waals surface area (Å²) in [5, 5.41) is 4.93. The van der Waals surface area contributed by atoms with Crippen molar-refractivity contribution in [2.24, 2.45) is 0 Å². The molecule has 0 saturated carbocycles. The number of hydrogen-bond acceptors (Lipinski definition) is 4. The Kier molecular flexibility index (Phi) is 7.55. The SMILES string of the molecule is Cc1ccc(S(=O)(=O)NCCC(=O)NC[C@@H](c2cccs2)[NH+](C)C)cc1C. The molecule has 0 bridgehead atoms. The second kappa shape index (κ2) is 9.45. The maximum Gasteiger partial charge on any atom is 0.240 e. The van der Waals surface area contributed by atoms with Crippen molar-refractivity contribution in [3.63, 3.8) is 0 Å². The lowest BCUT2D eigenvalue weighted by Gasteiger charge is -2.20. The topological polar surface area (TPSA) is 79.7 Å². The van der Waals surface area contributed by atoms with Crippen LogP contribution in [0.3, 0.4) is 0 Å². The first-order chi connectivity index (χ1) is 12.7. The van der Waals surface area contributed by atoms with Gasteiger partial charge in [0.1, 0.15) is 6.04 Å². The highest BCUT2D eigenvalue weighted by Gasteiger charge is 2.20. The van der Waals surface area contributed by atoms with Gasteiger partial charge in [0.15, 0.2) is 0 Å². The first-order valence-corrected chi connectivity index (χ1v) is 11.2. The Hall–Kier alpha value is -1.74. The Morgan fingerprint density at radius 3 is 2.52 bits per heavy atom. The molecule has 0 aliphatic rings. The van der Waals surface area contributed by atoms with E-state index in [2.05, 4.69) is 16.1 Å². The molecule has 0 aliphatic heterocycles. The molecule has 0 fully saturated rings. The van der Waals surface area contributed by atoms with Gasteiger partial charge in [-0.1, -0.05) is 12.1 Å². The highest BCUT2D eigenvalue weighted by Crippen LogP contribution is 2.16. The summed E-state index contributed by atoms with van der Waals surface area (Å²) in [5.41, 5.74) is 1.96. The third-order valence-corrected chi connectivity index (χ3v) is 6.96. The van der Waals surface area contributed by atoms with Crippen LogP contribution in [0.1, 0.15) is 28.5 Å². The number of carbonyl (C=O) groups excluding carboxylic acids is 1. The van der Waals surface area contributed by atoms with Gasteiger partial charge in [0.25, 0.3) is 0 Å². The quantitative estimate of drug-likeness (QED) is 0.578. The summed E-state index contributed by atoms with van der Waals surface area (Å²) in [4.78, 5) is 14.8. The van der Waals surface area contributed by atoms with Gasteiger partial charge >= 0.3 is 0 Å². The van der Waals surface area contributed by atoms with Crippen LogP contribution >= 0.6 is 11.3 Å². The van der Waals surface area contributed by atoms with E-state index >= 15 is 0 Å². The van der Waals surface area contributed by atoms with E-state index in [1.54, 1.807) is 29.5 Å². The molecule has 0 unspecified atom stereocenters. The number of rotatable bonds is 9. The number of benzene rings is 1. The first kappa shape index (κ1) is 21.6. The average Bonchev–Trinajstić information content (AvgIpc) is 3.11. The summed E-state index contributed by atoms with van der Waals surface area (Å²) in [6, 6.07) is 9.25. The normalized spacial score (nSPS) is 12.9. The lowest BCUT2D eigenvalue weighted by molar-refractivity contribution is -0.890. The van der Waals surface area contributed by atoms with Crippen molar-refractivity contribution < 1.29 is 18.1 Å². The molecule has 1 aromatic carbocycles. The third kappa shape index (κ3) is 6.14. The van der Waals surface area contributed by atoms with Gasteiger partial charge in [-0.15, -0.1) is 11.3 Å². The maximum absolute atomic E-state index is 12.3. The molecule has 0 saturated heterocycles. The minimum Gasteiger partial charge on any atom is -0.350 e. The molecular formula is C19H28N3O3S2+. The predicted molar refractivity (Wildman–Crippen MR) is 109 cm³/mol. The lowest BCUT2D eigenvalue weighted by Crippen LogP contribution is -3.06. The van der Waals surface area contributed by atoms with Crippen molar-refractivity contribution in [2.75, 3.05) is 27.2 Å². The Morgan fingerprint density at radius 1 is 1.19 bits per heavy atom. The van der Waals surface area contributed by atoms with Crippen LogP contribution in [0.15, 0.2) is 40.6 Å². The number of hydrogen-bond donors (Lipinski definition) is 3. The van der Waals surface area contributed by atoms with Crippen molar-refractivity contribution in [1.29, 1.82) is 0 Å². The van der Waals surface area contributed by atoms with Crippen LogP contribution in [-0.4, -0.2) is 41.5 Å². The summed E-state index contributed by atoms with van der Waals surface area (Å²) >= 11 is 1.67. The van der Waals surface area contributed by atoms with E-state index in [0.29, 0.717) is 6.54 Å². The second-order valence-corrected chi connectivity index (χ2v) is 9.59. The average molecular weight is 411 g/mol. The van der Waals surface area contributed by atoms with E-state index in [1.165, 1.54) is 9.78 Å². The van der Waals surface area contributed by atoms with Crippen LogP contribution in [-0.2, 0) is 14.8 Å². The van der Waals surface area contributed by atoms with Crippen molar-refractivity contribution in [2.45, 2.75) is 31.2 Å². The monoisotopic (exact) mass is 410 g/mol. The fourth-order valence-electron chi connectivity index (χ4n) is 2.65. The Balaban J connectivity index is 1.83. The molecule has 1 heterocycles. The largest absolute Gasteiger partial charge is 0.350 e. The summed E-state index contributed by atoms with van der Waals surface area (Å²) in [6.07, 6.45) is 0.101. The highest BCUT2D eigenvalue weighted by molar-refractivity contribution is 7.89. The van der Waals surface area contributed by atoms with E-state index in [1.807, 2.05) is 39.4 Å². The molecule has 2 aromatic rings. The Labute approximate surface area is 165 Å². The number of nitrogens with one attached hydrogen (secondary N) is 3. The number of likely N-dealkylation sites (N-methyl/N-ethyl adjacent to an activating group) is 1. The zero-order valence-electron chi connectivity index (χ0n) is 16.2. The lowest BCUT2D eigenvalue weighted by atomic mass is 10.1. The molecule has 0 aliphatic carbocycles. The number of amides is 1. The van der Waals surface area contributed by atoms with Crippen molar-refractivity contribution in [1.82, 2.24) is 10.0 Å². The Morgan fingerprint density at radius 2 is 1.93 bits per heavy atom. The molecule has 6 nitrogen and oxygen atoms in total. The van der Waals surface area contributed by atoms with Crippen LogP contribution in [0.25, 0.3) is 0 Å². The minimum absolute atomic E-state index is 0.0690. The van der Waals surface area contributed by atoms with Crippen LogP contribution in [0.4, 0.5) is 0 Å². The van der Waals surface area contributed by atoms with Crippen LogP contribution in [0.2, 0.25) is 0 Å². The molecule has 27 heavy (non-hydrogen) atoms. The zero-order valence-corrected chi connectivity index (χ0v) is 17.8. The summed E-state index contributed by atoms with van der Waals surface area (Å²) in [5.74, 6) is -0.166. The Bertz CT molecular complexity index is 862. The number of thiophene rings is 1. The highest BCUT2D eigenvalue weighted by atomic mass is 32.2. The predicted octanol–water partition coefficient (Wildman–Crippen LogP) is 1.04. The fourth-order valence-corrected chi connectivity index (χ4v) is 4.72. The third-order valence-electron chi connectivity index (χ3n) is 4.52. The van der Waals surface area contributed by atoms with Gasteiger partial charge in [-0.3, -0.25) is 4.79 Å². The molecule has 1 atom stereocenters. The fraction of sp³-hybridized carbons (Fsp3) is 0.421. The van der Waals surface area contributed by atoms with E-state index in [-0.39, 0.29) is 29.8 Å². The molecule has 1 aromatic heterocycles. The zero-order chi connectivity index (χ0) is 20.0. The van der Waals surface area contributed by atoms with Crippen LogP contribution in [0.5, 0.6) is 0 Å². The van der Waals surface area contributed by atoms with Gasteiger partial charge < -0.3 is 10.2 Å². The molecule has 8 heteroatoms. The number of carbonyl (C=O) groups is 1. The smallest absolute Gasteiger partial charge is 0.240 e. The van der Waals surface area contributed by atoms with Crippen molar-refractivity contribution in [3.8, 4) is 0 Å². The summed E-state index contributed by atoms with van der Waals surface area (Å²) in [6.45, 7) is 4.39. The number of aryl methyl sites for hydroxylation is 2. The molecule has 2 rings (SSSR count). The van der Waals surface area contributed by atoms with E-state index in [9.17, 15) is 13.2 Å². The van der Waals surface area contributed by atoms with Crippen LogP contribution < -0.4 is 14.9 Å². The van der Waals surface area contributed by atoms with Gasteiger partial charge in [-0.05, 0) is 48.6 Å². The van der Waals surface area contributed by atoms with Crippen molar-refractivity contribution >= 4 is 27.3 Å². The number of quaternary nitrogens is 1. The van der Waals surface area contributed by atoms with E-state index < -0.39 is 10.0 Å². The molecule has 148 valence electrons. The van der Waals surface area contributed by atoms with Gasteiger partial charge in [0, 0.05) is 13.0 Å². The van der Waals surface area contributed by atoms with Gasteiger partial charge in [-0.2, -0.15) is 0 Å². The molecule has 3 N–H and O–H groups in total. The minimum atomic E-state index is -3.61. The van der Waals surface area contributed by atoms with Gasteiger partial charge in [0.05, 0.1) is 30.4 Å².